The van der Waals surface area contributed by atoms with Gasteiger partial charge in [0, 0.05) is 12.6 Å². The van der Waals surface area contributed by atoms with Crippen molar-refractivity contribution in [2.45, 2.75) is 20.8 Å². The smallest absolute Gasteiger partial charge is 0.213 e. The first-order valence-electron chi connectivity index (χ1n) is 6.02. The van der Waals surface area contributed by atoms with Crippen molar-refractivity contribution in [1.82, 2.24) is 10.4 Å². The Bertz CT molecular complexity index is 375. The zero-order valence-electron chi connectivity index (χ0n) is 11.1. The minimum Gasteiger partial charge on any atom is -0.478 e. The van der Waals surface area contributed by atoms with Crippen LogP contribution < -0.4 is 21.3 Å². The summed E-state index contributed by atoms with van der Waals surface area (Å²) in [5.41, 5.74) is 3.33. The number of hydrogen-bond acceptors (Lipinski definition) is 4. The van der Waals surface area contributed by atoms with E-state index in [1.807, 2.05) is 13.0 Å². The summed E-state index contributed by atoms with van der Waals surface area (Å²) in [5, 5.41) is 3.05. The molecule has 6 heteroatoms. The summed E-state index contributed by atoms with van der Waals surface area (Å²) in [4.78, 5) is 8.45. The molecule has 1 aromatic heterocycles. The van der Waals surface area contributed by atoms with Crippen molar-refractivity contribution in [3.63, 3.8) is 0 Å². The lowest BCUT2D eigenvalue weighted by atomic mass is 10.2. The van der Waals surface area contributed by atoms with Gasteiger partial charge in [0.2, 0.25) is 11.8 Å². The highest BCUT2D eigenvalue weighted by atomic mass is 16.5. The second-order valence-corrected chi connectivity index (χ2v) is 4.17. The minimum absolute atomic E-state index is 0.480. The number of guanidine groups is 1. The second kappa shape index (κ2) is 7.50. The number of hydrazine groups is 1. The largest absolute Gasteiger partial charge is 0.478 e. The van der Waals surface area contributed by atoms with Gasteiger partial charge in [0.1, 0.15) is 0 Å². The van der Waals surface area contributed by atoms with Gasteiger partial charge in [-0.05, 0) is 18.9 Å². The standard InChI is InChI=1S/C12H21N5O/c1-4-18-11-6-5-10(8-14-11)16-12(17-13)15-7-9(2)3/h5-6,8-9H,4,7,13H2,1-3H3,(H2,15,16,17). The fourth-order valence-corrected chi connectivity index (χ4v) is 1.22. The van der Waals surface area contributed by atoms with Gasteiger partial charge in [0.15, 0.2) is 0 Å². The van der Waals surface area contributed by atoms with Crippen LogP contribution in [0.2, 0.25) is 0 Å². The van der Waals surface area contributed by atoms with Crippen LogP contribution in [0, 0.1) is 5.92 Å². The van der Waals surface area contributed by atoms with Crippen molar-refractivity contribution in [3.8, 4) is 5.88 Å². The molecule has 0 spiro atoms. The van der Waals surface area contributed by atoms with Crippen molar-refractivity contribution < 1.29 is 4.74 Å². The van der Waals surface area contributed by atoms with Gasteiger partial charge in [-0.15, -0.1) is 0 Å². The van der Waals surface area contributed by atoms with E-state index < -0.39 is 0 Å². The molecule has 0 saturated heterocycles. The predicted molar refractivity (Wildman–Crippen MR) is 73.5 cm³/mol. The molecule has 0 radical (unpaired) electrons. The highest BCUT2D eigenvalue weighted by Crippen LogP contribution is 2.11. The third kappa shape index (κ3) is 5.01. The highest BCUT2D eigenvalue weighted by molar-refractivity contribution is 5.93. The number of ether oxygens (including phenoxy) is 1. The van der Waals surface area contributed by atoms with Gasteiger partial charge >= 0.3 is 0 Å². The summed E-state index contributed by atoms with van der Waals surface area (Å²) in [7, 11) is 0. The maximum absolute atomic E-state index is 5.40. The molecule has 0 atom stereocenters. The molecule has 1 aromatic rings. The lowest BCUT2D eigenvalue weighted by Gasteiger charge is -2.10. The zero-order chi connectivity index (χ0) is 13.4. The molecule has 0 aliphatic rings. The quantitative estimate of drug-likeness (QED) is 0.318. The average Bonchev–Trinajstić information content (AvgIpc) is 2.36. The molecule has 0 saturated carbocycles. The Kier molecular flexibility index (Phi) is 5.93. The molecule has 1 heterocycles. The number of pyridine rings is 1. The van der Waals surface area contributed by atoms with Crippen molar-refractivity contribution >= 4 is 11.6 Å². The fraction of sp³-hybridized carbons (Fsp3) is 0.500. The topological polar surface area (TPSA) is 84.6 Å². The summed E-state index contributed by atoms with van der Waals surface area (Å²) in [6, 6.07) is 3.66. The van der Waals surface area contributed by atoms with Gasteiger partial charge in [0.05, 0.1) is 18.5 Å². The Balaban J connectivity index is 2.61. The van der Waals surface area contributed by atoms with Gasteiger partial charge < -0.3 is 10.1 Å². The number of rotatable bonds is 5. The molecule has 100 valence electrons. The predicted octanol–water partition coefficient (Wildman–Crippen LogP) is 1.37. The lowest BCUT2D eigenvalue weighted by Crippen LogP contribution is -2.36. The van der Waals surface area contributed by atoms with E-state index in [9.17, 15) is 0 Å². The lowest BCUT2D eigenvalue weighted by molar-refractivity contribution is 0.327. The van der Waals surface area contributed by atoms with Crippen LogP contribution in [0.4, 0.5) is 5.69 Å². The summed E-state index contributed by atoms with van der Waals surface area (Å²) >= 11 is 0. The first-order chi connectivity index (χ1) is 8.65. The monoisotopic (exact) mass is 251 g/mol. The van der Waals surface area contributed by atoms with Crippen LogP contribution in [0.25, 0.3) is 0 Å². The number of nitrogens with one attached hydrogen (secondary N) is 2. The zero-order valence-corrected chi connectivity index (χ0v) is 11.1. The summed E-state index contributed by atoms with van der Waals surface area (Å²) in [5.74, 6) is 7.00. The Morgan fingerprint density at radius 2 is 2.28 bits per heavy atom. The van der Waals surface area contributed by atoms with Crippen LogP contribution in [-0.2, 0) is 0 Å². The van der Waals surface area contributed by atoms with Crippen LogP contribution in [0.3, 0.4) is 0 Å². The molecule has 0 aromatic carbocycles. The second-order valence-electron chi connectivity index (χ2n) is 4.17. The normalized spacial score (nSPS) is 11.5. The number of hydrogen-bond donors (Lipinski definition) is 3. The summed E-state index contributed by atoms with van der Waals surface area (Å²) < 4.78 is 5.26. The van der Waals surface area contributed by atoms with Crippen molar-refractivity contribution in [1.29, 1.82) is 0 Å². The van der Waals surface area contributed by atoms with Crippen LogP contribution in [-0.4, -0.2) is 24.1 Å². The van der Waals surface area contributed by atoms with Gasteiger partial charge in [-0.1, -0.05) is 13.8 Å². The number of nitrogens with two attached hydrogens (primary N) is 1. The van der Waals surface area contributed by atoms with Crippen molar-refractivity contribution in [2.24, 2.45) is 16.8 Å². The van der Waals surface area contributed by atoms with E-state index in [1.165, 1.54) is 0 Å². The number of anilines is 1. The van der Waals surface area contributed by atoms with E-state index in [2.05, 4.69) is 34.6 Å². The first-order valence-corrected chi connectivity index (χ1v) is 6.02. The van der Waals surface area contributed by atoms with Gasteiger partial charge in [-0.25, -0.2) is 10.8 Å². The molecule has 0 fully saturated rings. The molecule has 4 N–H and O–H groups in total. The van der Waals surface area contributed by atoms with E-state index in [1.54, 1.807) is 12.3 Å². The molecule has 0 bridgehead atoms. The molecular weight excluding hydrogens is 230 g/mol. The molecule has 0 unspecified atom stereocenters. The van der Waals surface area contributed by atoms with E-state index in [0.717, 1.165) is 5.69 Å². The van der Waals surface area contributed by atoms with Crippen LogP contribution in [0.1, 0.15) is 20.8 Å². The van der Waals surface area contributed by atoms with E-state index in [4.69, 9.17) is 10.6 Å². The van der Waals surface area contributed by atoms with E-state index >= 15 is 0 Å². The molecule has 0 aliphatic carbocycles. The highest BCUT2D eigenvalue weighted by Gasteiger charge is 2.00. The van der Waals surface area contributed by atoms with E-state index in [-0.39, 0.29) is 0 Å². The van der Waals surface area contributed by atoms with Crippen molar-refractivity contribution in [3.05, 3.63) is 18.3 Å². The maximum Gasteiger partial charge on any atom is 0.213 e. The average molecular weight is 251 g/mol. The Morgan fingerprint density at radius 1 is 1.50 bits per heavy atom. The molecule has 0 aliphatic heterocycles. The van der Waals surface area contributed by atoms with Gasteiger partial charge in [-0.2, -0.15) is 0 Å². The Morgan fingerprint density at radius 3 is 2.78 bits per heavy atom. The summed E-state index contributed by atoms with van der Waals surface area (Å²) in [6.45, 7) is 7.41. The first kappa shape index (κ1) is 14.2. The molecule has 6 nitrogen and oxygen atoms in total. The maximum atomic E-state index is 5.40. The van der Waals surface area contributed by atoms with Crippen LogP contribution >= 0.6 is 0 Å². The van der Waals surface area contributed by atoms with Crippen LogP contribution in [0.5, 0.6) is 5.88 Å². The molecular formula is C12H21N5O. The number of nitrogens with zero attached hydrogens (tertiary/aromatic N) is 2. The third-order valence-corrected chi connectivity index (χ3v) is 2.04. The van der Waals surface area contributed by atoms with E-state index in [0.29, 0.717) is 30.9 Å². The van der Waals surface area contributed by atoms with Crippen LogP contribution in [0.15, 0.2) is 23.3 Å². The van der Waals surface area contributed by atoms with Crippen molar-refractivity contribution in [2.75, 3.05) is 18.5 Å². The van der Waals surface area contributed by atoms with Gasteiger partial charge in [-0.3, -0.25) is 10.4 Å². The Hall–Kier alpha value is -1.82. The Labute approximate surface area is 108 Å². The molecule has 0 amide bonds. The number of aliphatic imine (C=N–C) groups is 1. The molecule has 18 heavy (non-hydrogen) atoms. The van der Waals surface area contributed by atoms with Gasteiger partial charge in [0.25, 0.3) is 0 Å². The summed E-state index contributed by atoms with van der Waals surface area (Å²) in [6.07, 6.45) is 1.67. The third-order valence-electron chi connectivity index (χ3n) is 2.04. The molecule has 1 rings (SSSR count). The SMILES string of the molecule is CCOc1ccc(NC(=NCC(C)C)NN)cn1. The fourth-order valence-electron chi connectivity index (χ4n) is 1.22. The minimum atomic E-state index is 0.480. The number of aromatic nitrogens is 1.